The number of ether oxygens (including phenoxy) is 1. The molecule has 0 atom stereocenters. The monoisotopic (exact) mass is 466 g/mol. The average molecular weight is 467 g/mol. The number of thioether (sulfide) groups is 1. The fourth-order valence-electron chi connectivity index (χ4n) is 2.82. The molecule has 0 bridgehead atoms. The van der Waals surface area contributed by atoms with E-state index >= 15 is 0 Å². The van der Waals surface area contributed by atoms with Gasteiger partial charge in [0.2, 0.25) is 5.95 Å². The summed E-state index contributed by atoms with van der Waals surface area (Å²) in [5.41, 5.74) is 2.77. The Bertz CT molecular complexity index is 1160. The van der Waals surface area contributed by atoms with Crippen LogP contribution in [0.25, 0.3) is 0 Å². The highest BCUT2D eigenvalue weighted by Crippen LogP contribution is 2.30. The molecule has 0 saturated heterocycles. The Balaban J connectivity index is 1.87. The second-order valence-electron chi connectivity index (χ2n) is 6.62. The zero-order valence-electron chi connectivity index (χ0n) is 17.1. The first-order valence-corrected chi connectivity index (χ1v) is 12.1. The maximum atomic E-state index is 13.0. The van der Waals surface area contributed by atoms with Crippen LogP contribution in [0.4, 0.5) is 5.95 Å². The summed E-state index contributed by atoms with van der Waals surface area (Å²) in [7, 11) is -2.47. The Labute approximate surface area is 185 Å². The van der Waals surface area contributed by atoms with Gasteiger partial charge < -0.3 is 4.74 Å². The Kier molecular flexibility index (Phi) is 6.95. The van der Waals surface area contributed by atoms with Gasteiger partial charge >= 0.3 is 0 Å². The Morgan fingerprint density at radius 3 is 2.53 bits per heavy atom. The Morgan fingerprint density at radius 2 is 1.87 bits per heavy atom. The summed E-state index contributed by atoms with van der Waals surface area (Å²) in [6.45, 7) is 6.15. The number of hydrogen-bond donors (Lipinski definition) is 1. The van der Waals surface area contributed by atoms with E-state index in [1.54, 1.807) is 16.7 Å². The minimum atomic E-state index is -3.92. The number of rotatable bonds is 8. The van der Waals surface area contributed by atoms with E-state index < -0.39 is 10.0 Å². The van der Waals surface area contributed by atoms with Gasteiger partial charge in [0.1, 0.15) is 10.6 Å². The maximum Gasteiger partial charge on any atom is 0.267 e. The van der Waals surface area contributed by atoms with Crippen LogP contribution in [0.1, 0.15) is 23.6 Å². The first-order valence-electron chi connectivity index (χ1n) is 9.24. The molecule has 0 spiro atoms. The van der Waals surface area contributed by atoms with E-state index in [9.17, 15) is 8.42 Å². The fourth-order valence-corrected chi connectivity index (χ4v) is 5.35. The molecule has 10 heteroatoms. The molecule has 1 aromatic heterocycles. The van der Waals surface area contributed by atoms with E-state index in [-0.39, 0.29) is 16.6 Å². The van der Waals surface area contributed by atoms with Crippen LogP contribution in [0.2, 0.25) is 5.02 Å². The number of anilines is 1. The lowest BCUT2D eigenvalue weighted by atomic mass is 10.1. The molecule has 0 radical (unpaired) electrons. The average Bonchev–Trinajstić information content (AvgIpc) is 3.09. The minimum Gasteiger partial charge on any atom is -0.495 e. The fraction of sp³-hybridized carbons (Fsp3) is 0.300. The molecule has 160 valence electrons. The molecule has 2 aromatic carbocycles. The number of benzene rings is 2. The van der Waals surface area contributed by atoms with Crippen LogP contribution < -0.4 is 9.46 Å². The molecule has 0 aliphatic heterocycles. The molecule has 7 nitrogen and oxygen atoms in total. The molecule has 0 unspecified atom stereocenters. The van der Waals surface area contributed by atoms with Crippen molar-refractivity contribution in [2.45, 2.75) is 43.1 Å². The van der Waals surface area contributed by atoms with Gasteiger partial charge in [-0.05, 0) is 55.7 Å². The summed E-state index contributed by atoms with van der Waals surface area (Å²) >= 11 is 7.66. The molecular formula is C20H23ClN4O3S2. The highest BCUT2D eigenvalue weighted by atomic mass is 35.5. The van der Waals surface area contributed by atoms with Crippen molar-refractivity contribution in [3.8, 4) is 5.75 Å². The first-order chi connectivity index (χ1) is 14.3. The summed E-state index contributed by atoms with van der Waals surface area (Å²) in [4.78, 5) is 0.0593. The van der Waals surface area contributed by atoms with Crippen LogP contribution in [0.15, 0.2) is 46.5 Å². The lowest BCUT2D eigenvalue weighted by Crippen LogP contribution is -2.18. The van der Waals surface area contributed by atoms with Crippen molar-refractivity contribution in [3.63, 3.8) is 0 Å². The van der Waals surface area contributed by atoms with E-state index in [4.69, 9.17) is 16.3 Å². The third-order valence-corrected chi connectivity index (χ3v) is 7.38. The van der Waals surface area contributed by atoms with Gasteiger partial charge in [-0.25, -0.2) is 13.1 Å². The molecule has 1 N–H and O–H groups in total. The van der Waals surface area contributed by atoms with Crippen LogP contribution in [0, 0.1) is 13.8 Å². The number of nitrogens with zero attached hydrogens (tertiary/aromatic N) is 3. The van der Waals surface area contributed by atoms with Crippen LogP contribution in [0.5, 0.6) is 5.75 Å². The Morgan fingerprint density at radius 1 is 1.17 bits per heavy atom. The van der Waals surface area contributed by atoms with Crippen molar-refractivity contribution in [2.75, 3.05) is 11.8 Å². The highest BCUT2D eigenvalue weighted by Gasteiger charge is 2.24. The van der Waals surface area contributed by atoms with Gasteiger partial charge in [-0.1, -0.05) is 41.6 Å². The number of nitrogens with one attached hydrogen (secondary N) is 1. The van der Waals surface area contributed by atoms with Gasteiger partial charge in [0, 0.05) is 17.3 Å². The molecule has 30 heavy (non-hydrogen) atoms. The normalized spacial score (nSPS) is 11.5. The summed E-state index contributed by atoms with van der Waals surface area (Å²) in [5, 5.41) is 9.49. The van der Waals surface area contributed by atoms with Crippen molar-refractivity contribution < 1.29 is 13.2 Å². The number of aryl methyl sites for hydroxylation is 2. The lowest BCUT2D eigenvalue weighted by molar-refractivity contribution is 0.402. The van der Waals surface area contributed by atoms with E-state index in [1.165, 1.54) is 18.9 Å². The summed E-state index contributed by atoms with van der Waals surface area (Å²) < 4.78 is 35.6. The van der Waals surface area contributed by atoms with Gasteiger partial charge in [-0.2, -0.15) is 0 Å². The van der Waals surface area contributed by atoms with Gasteiger partial charge in [0.15, 0.2) is 5.16 Å². The van der Waals surface area contributed by atoms with Crippen LogP contribution in [0.3, 0.4) is 0 Å². The number of halogens is 1. The number of hydrogen-bond acceptors (Lipinski definition) is 6. The van der Waals surface area contributed by atoms with Crippen molar-refractivity contribution >= 4 is 39.3 Å². The number of sulfonamides is 1. The Hall–Kier alpha value is -2.23. The summed E-state index contributed by atoms with van der Waals surface area (Å²) in [6, 6.07) is 10.9. The predicted octanol–water partition coefficient (Wildman–Crippen LogP) is 4.67. The zero-order chi connectivity index (χ0) is 21.9. The van der Waals surface area contributed by atoms with Crippen molar-refractivity contribution in [2.24, 2.45) is 0 Å². The van der Waals surface area contributed by atoms with E-state index in [2.05, 4.69) is 14.9 Å². The van der Waals surface area contributed by atoms with E-state index in [0.29, 0.717) is 22.5 Å². The van der Waals surface area contributed by atoms with E-state index in [0.717, 1.165) is 16.7 Å². The summed E-state index contributed by atoms with van der Waals surface area (Å²) in [6.07, 6.45) is 0. The highest BCUT2D eigenvalue weighted by molar-refractivity contribution is 7.98. The van der Waals surface area contributed by atoms with E-state index in [1.807, 2.05) is 45.0 Å². The molecule has 0 aliphatic carbocycles. The minimum absolute atomic E-state index is 0.0593. The number of methoxy groups -OCH3 is 1. The van der Waals surface area contributed by atoms with Gasteiger partial charge in [0.05, 0.1) is 7.11 Å². The van der Waals surface area contributed by atoms with Gasteiger partial charge in [-0.3, -0.25) is 4.57 Å². The SMILES string of the molecule is CCn1c(NS(=O)(=O)c2cc(C)c(C)cc2OC)nnc1SCc1ccccc1Cl. The molecule has 0 saturated carbocycles. The molecular weight excluding hydrogens is 444 g/mol. The van der Waals surface area contributed by atoms with Crippen molar-refractivity contribution in [3.05, 3.63) is 58.1 Å². The quantitative estimate of drug-likeness (QED) is 0.485. The molecule has 3 rings (SSSR count). The topological polar surface area (TPSA) is 86.1 Å². The summed E-state index contributed by atoms with van der Waals surface area (Å²) in [5.74, 6) is 1.02. The van der Waals surface area contributed by atoms with Crippen LogP contribution >= 0.6 is 23.4 Å². The largest absolute Gasteiger partial charge is 0.495 e. The van der Waals surface area contributed by atoms with Gasteiger partial charge in [-0.15, -0.1) is 10.2 Å². The van der Waals surface area contributed by atoms with Gasteiger partial charge in [0.25, 0.3) is 10.0 Å². The first kappa shape index (κ1) is 22.5. The standard InChI is InChI=1S/C20H23ClN4O3S2/c1-5-25-19(22-23-20(25)29-12-15-8-6-7-9-16(15)21)24-30(26,27)18-11-14(3)13(2)10-17(18)28-4/h6-11H,5,12H2,1-4H3,(H,22,24). The lowest BCUT2D eigenvalue weighted by Gasteiger charge is -2.14. The second-order valence-corrected chi connectivity index (χ2v) is 9.62. The third kappa shape index (κ3) is 4.74. The molecule has 1 heterocycles. The van der Waals surface area contributed by atoms with Crippen LogP contribution in [-0.2, 0) is 22.3 Å². The molecule has 0 fully saturated rings. The molecule has 0 aliphatic rings. The van der Waals surface area contributed by atoms with Crippen LogP contribution in [-0.4, -0.2) is 30.3 Å². The second kappa shape index (κ2) is 9.28. The van der Waals surface area contributed by atoms with Crippen molar-refractivity contribution in [1.29, 1.82) is 0 Å². The molecule has 0 amide bonds. The third-order valence-electron chi connectivity index (χ3n) is 4.64. The van der Waals surface area contributed by atoms with Crippen molar-refractivity contribution in [1.82, 2.24) is 14.8 Å². The number of aromatic nitrogens is 3. The predicted molar refractivity (Wildman–Crippen MR) is 120 cm³/mol. The maximum absolute atomic E-state index is 13.0. The smallest absolute Gasteiger partial charge is 0.267 e. The molecule has 3 aromatic rings. The zero-order valence-corrected chi connectivity index (χ0v) is 19.5.